The van der Waals surface area contributed by atoms with Crippen molar-refractivity contribution in [3.05, 3.63) is 59.5 Å². The van der Waals surface area contributed by atoms with Gasteiger partial charge in [-0.1, -0.05) is 12.5 Å². The van der Waals surface area contributed by atoms with E-state index in [4.69, 9.17) is 20.7 Å². The fraction of sp³-hybridized carbons (Fsp3) is 0.516. The maximum absolute atomic E-state index is 9.06. The number of carbonyl (C=O) groups excluding carboxylic acids is 1. The Labute approximate surface area is 233 Å². The Morgan fingerprint density at radius 3 is 2.67 bits per heavy atom. The molecule has 0 aromatic heterocycles. The maximum atomic E-state index is 9.06. The number of anilines is 1. The van der Waals surface area contributed by atoms with E-state index in [1.165, 1.54) is 36.0 Å². The predicted octanol–water partition coefficient (Wildman–Crippen LogP) is 3.00. The number of ether oxygens (including phenoxy) is 2. The minimum atomic E-state index is -0.0187. The molecule has 2 N–H and O–H groups in total. The van der Waals surface area contributed by atoms with Gasteiger partial charge in [0.25, 0.3) is 0 Å². The molecule has 1 aromatic rings. The Hall–Kier alpha value is -3.25. The number of terminal acetylenes is 1. The number of fused-ring (bicyclic) bond motifs is 2. The van der Waals surface area contributed by atoms with Gasteiger partial charge < -0.3 is 29.9 Å². The van der Waals surface area contributed by atoms with Crippen LogP contribution in [0.1, 0.15) is 36.8 Å². The van der Waals surface area contributed by atoms with E-state index < -0.39 is 0 Å². The van der Waals surface area contributed by atoms with Gasteiger partial charge >= 0.3 is 0 Å². The van der Waals surface area contributed by atoms with Gasteiger partial charge in [-0.25, -0.2) is 0 Å². The van der Waals surface area contributed by atoms with Crippen molar-refractivity contribution >= 4 is 12.0 Å². The number of allylic oxidation sites excluding steroid dienone is 2. The topological polar surface area (TPSA) is 69.3 Å². The molecule has 8 heteroatoms. The van der Waals surface area contributed by atoms with Crippen molar-refractivity contribution in [1.29, 1.82) is 0 Å². The number of dihydropyridines is 1. The number of methoxy groups -OCH3 is 1. The van der Waals surface area contributed by atoms with Crippen molar-refractivity contribution in [2.75, 3.05) is 72.0 Å². The van der Waals surface area contributed by atoms with Gasteiger partial charge in [0.15, 0.2) is 0 Å². The standard InChI is InChI=1S/C28H39N5O2.C3H4O/c1-5-20-15-27-25(16-23(20)21-8-11-33(12-9-21)22-17-31(3)18-22)30-28-24(19-35-27)26(7-10-29-28)32(6-2)13-14-34-4;1-2-3-4/h1,7,10,15-16,21-22,28-30H,6,8-9,11-14,17-19H2,2-4H3;2-3H,1H2. The Morgan fingerprint density at radius 1 is 1.31 bits per heavy atom. The predicted molar refractivity (Wildman–Crippen MR) is 157 cm³/mol. The summed E-state index contributed by atoms with van der Waals surface area (Å²) in [5.41, 5.74) is 5.66. The van der Waals surface area contributed by atoms with Crippen LogP contribution in [0.15, 0.2) is 48.3 Å². The highest BCUT2D eigenvalue weighted by Gasteiger charge is 2.33. The number of aldehydes is 1. The summed E-state index contributed by atoms with van der Waals surface area (Å²) in [6, 6.07) is 5.05. The van der Waals surface area contributed by atoms with E-state index in [0.717, 1.165) is 62.1 Å². The van der Waals surface area contributed by atoms with Gasteiger partial charge in [0, 0.05) is 62.4 Å². The highest BCUT2D eigenvalue weighted by molar-refractivity contribution is 5.66. The highest BCUT2D eigenvalue weighted by Crippen LogP contribution is 2.39. The number of benzene rings is 1. The zero-order valence-electron chi connectivity index (χ0n) is 23.6. The molecule has 4 aliphatic heterocycles. The minimum Gasteiger partial charge on any atom is -0.487 e. The Bertz CT molecular complexity index is 1100. The summed E-state index contributed by atoms with van der Waals surface area (Å²) in [6.45, 7) is 12.9. The Morgan fingerprint density at radius 2 is 2.05 bits per heavy atom. The molecular formula is C31H43N5O3. The first-order valence-corrected chi connectivity index (χ1v) is 13.9. The van der Waals surface area contributed by atoms with Crippen LogP contribution < -0.4 is 15.4 Å². The minimum absolute atomic E-state index is 0.0187. The smallest absolute Gasteiger partial charge is 0.144 e. The monoisotopic (exact) mass is 533 g/mol. The van der Waals surface area contributed by atoms with Crippen LogP contribution in [0.2, 0.25) is 0 Å². The van der Waals surface area contributed by atoms with E-state index in [-0.39, 0.29) is 6.17 Å². The first kappa shape index (κ1) is 28.8. The summed E-state index contributed by atoms with van der Waals surface area (Å²) in [7, 11) is 3.95. The lowest BCUT2D eigenvalue weighted by Crippen LogP contribution is -2.59. The maximum Gasteiger partial charge on any atom is 0.144 e. The number of nitrogens with one attached hydrogen (secondary N) is 2. The van der Waals surface area contributed by atoms with Gasteiger partial charge in [-0.15, -0.1) is 6.42 Å². The molecule has 0 spiro atoms. The van der Waals surface area contributed by atoms with Crippen LogP contribution in [-0.2, 0) is 9.53 Å². The Balaban J connectivity index is 0.000000826. The van der Waals surface area contributed by atoms with Crippen LogP contribution in [0.5, 0.6) is 5.75 Å². The lowest BCUT2D eigenvalue weighted by Gasteiger charge is -2.46. The van der Waals surface area contributed by atoms with Crippen molar-refractivity contribution in [3.8, 4) is 18.1 Å². The first-order valence-electron chi connectivity index (χ1n) is 13.9. The van der Waals surface area contributed by atoms with E-state index in [0.29, 0.717) is 25.4 Å². The number of likely N-dealkylation sites (tertiary alicyclic amines) is 2. The third-order valence-corrected chi connectivity index (χ3v) is 8.09. The second-order valence-electron chi connectivity index (χ2n) is 10.5. The molecule has 39 heavy (non-hydrogen) atoms. The van der Waals surface area contributed by atoms with Crippen molar-refractivity contribution < 1.29 is 14.3 Å². The van der Waals surface area contributed by atoms with Gasteiger partial charge in [-0.3, -0.25) is 9.69 Å². The molecule has 4 heterocycles. The molecule has 0 amide bonds. The summed E-state index contributed by atoms with van der Waals surface area (Å²) in [4.78, 5) is 16.5. The van der Waals surface area contributed by atoms with Crippen LogP contribution >= 0.6 is 0 Å². The average molecular weight is 534 g/mol. The van der Waals surface area contributed by atoms with Crippen molar-refractivity contribution in [2.45, 2.75) is 37.9 Å². The van der Waals surface area contributed by atoms with Gasteiger partial charge in [-0.05, 0) is 75.7 Å². The Kier molecular flexibility index (Phi) is 10.1. The summed E-state index contributed by atoms with van der Waals surface area (Å²) >= 11 is 0. The molecule has 8 nitrogen and oxygen atoms in total. The van der Waals surface area contributed by atoms with E-state index in [1.807, 2.05) is 6.20 Å². The molecule has 0 bridgehead atoms. The molecule has 4 aliphatic rings. The summed E-state index contributed by atoms with van der Waals surface area (Å²) < 4.78 is 11.7. The van der Waals surface area contributed by atoms with E-state index in [9.17, 15) is 0 Å². The van der Waals surface area contributed by atoms with Crippen LogP contribution in [0.3, 0.4) is 0 Å². The summed E-state index contributed by atoms with van der Waals surface area (Å²) in [5, 5.41) is 7.21. The fourth-order valence-electron chi connectivity index (χ4n) is 5.90. The van der Waals surface area contributed by atoms with E-state index in [1.54, 1.807) is 7.11 Å². The zero-order chi connectivity index (χ0) is 27.8. The van der Waals surface area contributed by atoms with E-state index >= 15 is 0 Å². The average Bonchev–Trinajstić information content (AvgIpc) is 3.14. The number of likely N-dealkylation sites (N-methyl/N-ethyl adjacent to an activating group) is 2. The SMILES string of the molecule is C#Cc1cc2c(cc1C1CCN(C3CN(C)C3)CC1)NC1NC=CC(N(CC)CCOC)=C1CO2.C=CC=O. The van der Waals surface area contributed by atoms with Crippen molar-refractivity contribution in [2.24, 2.45) is 0 Å². The van der Waals surface area contributed by atoms with E-state index in [2.05, 4.69) is 70.0 Å². The number of hydrogen-bond acceptors (Lipinski definition) is 8. The third-order valence-electron chi connectivity index (χ3n) is 8.09. The molecule has 1 aromatic carbocycles. The lowest BCUT2D eigenvalue weighted by molar-refractivity contribution is -0.104. The van der Waals surface area contributed by atoms with Gasteiger partial charge in [0.2, 0.25) is 0 Å². The molecule has 2 saturated heterocycles. The third kappa shape index (κ3) is 6.67. The molecule has 0 radical (unpaired) electrons. The number of rotatable bonds is 8. The molecule has 0 aliphatic carbocycles. The first-order chi connectivity index (χ1) is 19.0. The lowest BCUT2D eigenvalue weighted by atomic mass is 9.85. The van der Waals surface area contributed by atoms with Crippen LogP contribution in [-0.4, -0.2) is 99.8 Å². The zero-order valence-corrected chi connectivity index (χ0v) is 23.6. The normalized spacial score (nSPS) is 21.3. The quantitative estimate of drug-likeness (QED) is 0.300. The number of nitrogens with zero attached hydrogens (tertiary/aromatic N) is 3. The number of carbonyl (C=O) groups is 1. The molecule has 0 saturated carbocycles. The second kappa shape index (κ2) is 13.7. The molecule has 1 unspecified atom stereocenters. The molecule has 1 atom stereocenters. The number of piperidine rings is 1. The van der Waals surface area contributed by atoms with Crippen molar-refractivity contribution in [1.82, 2.24) is 20.0 Å². The summed E-state index contributed by atoms with van der Waals surface area (Å²) in [6.07, 6.45) is 14.3. The van der Waals surface area contributed by atoms with Gasteiger partial charge in [-0.2, -0.15) is 0 Å². The van der Waals surface area contributed by atoms with Crippen molar-refractivity contribution in [3.63, 3.8) is 0 Å². The molecule has 210 valence electrons. The molecule has 2 fully saturated rings. The van der Waals surface area contributed by atoms with Crippen LogP contribution in [0.25, 0.3) is 0 Å². The largest absolute Gasteiger partial charge is 0.487 e. The fourth-order valence-corrected chi connectivity index (χ4v) is 5.90. The van der Waals surface area contributed by atoms with Crippen LogP contribution in [0.4, 0.5) is 5.69 Å². The number of hydrogen-bond donors (Lipinski definition) is 2. The van der Waals surface area contributed by atoms with Gasteiger partial charge in [0.05, 0.1) is 12.3 Å². The molecule has 5 rings (SSSR count). The van der Waals surface area contributed by atoms with Crippen LogP contribution in [0, 0.1) is 12.3 Å². The highest BCUT2D eigenvalue weighted by atomic mass is 16.5. The second-order valence-corrected chi connectivity index (χ2v) is 10.5. The molecular weight excluding hydrogens is 490 g/mol. The summed E-state index contributed by atoms with van der Waals surface area (Å²) in [5.74, 6) is 4.28. The van der Waals surface area contributed by atoms with Gasteiger partial charge in [0.1, 0.15) is 24.8 Å².